The summed E-state index contributed by atoms with van der Waals surface area (Å²) in [5.41, 5.74) is 3.33. The summed E-state index contributed by atoms with van der Waals surface area (Å²) < 4.78 is 1.68. The first kappa shape index (κ1) is 17.0. The van der Waals surface area contributed by atoms with Crippen LogP contribution in [0.15, 0.2) is 48.9 Å². The highest BCUT2D eigenvalue weighted by atomic mass is 79.9. The third-order valence-electron chi connectivity index (χ3n) is 2.67. The van der Waals surface area contributed by atoms with Crippen LogP contribution in [0.25, 0.3) is 0 Å². The quantitative estimate of drug-likeness (QED) is 0.342. The molecule has 0 aromatic heterocycles. The second-order valence-electron chi connectivity index (χ2n) is 4.17. The van der Waals surface area contributed by atoms with Gasteiger partial charge in [0.1, 0.15) is 0 Å². The van der Waals surface area contributed by atoms with E-state index in [4.69, 9.17) is 0 Å². The van der Waals surface area contributed by atoms with Gasteiger partial charge in [-0.15, -0.1) is 0 Å². The molecule has 22 heavy (non-hydrogen) atoms. The van der Waals surface area contributed by atoms with Gasteiger partial charge in [-0.3, -0.25) is 4.79 Å². The fraction of sp³-hybridized carbons (Fsp3) is 0. The standard InChI is InChI=1S/C14H9Br3N2O3/c15-9-3-1-7(2-4-9)14(22)19-18-6-8-5-10(20)13(21)12(17)11(8)16/h1-6,20-21H,(H,19,22)/b18-6-. The van der Waals surface area contributed by atoms with Crippen LogP contribution in [0.2, 0.25) is 0 Å². The maximum atomic E-state index is 11.9. The highest BCUT2D eigenvalue weighted by molar-refractivity contribution is 9.13. The molecule has 0 atom stereocenters. The molecule has 0 radical (unpaired) electrons. The Morgan fingerprint density at radius 2 is 1.73 bits per heavy atom. The van der Waals surface area contributed by atoms with E-state index in [1.165, 1.54) is 12.3 Å². The maximum absolute atomic E-state index is 11.9. The number of amides is 1. The Labute approximate surface area is 151 Å². The van der Waals surface area contributed by atoms with Crippen molar-refractivity contribution in [1.82, 2.24) is 5.43 Å². The van der Waals surface area contributed by atoms with Crippen molar-refractivity contribution in [3.63, 3.8) is 0 Å². The van der Waals surface area contributed by atoms with E-state index >= 15 is 0 Å². The summed E-state index contributed by atoms with van der Waals surface area (Å²) in [6.45, 7) is 0. The number of rotatable bonds is 3. The van der Waals surface area contributed by atoms with Gasteiger partial charge in [-0.25, -0.2) is 5.43 Å². The Morgan fingerprint density at radius 3 is 2.36 bits per heavy atom. The molecular formula is C14H9Br3N2O3. The molecule has 0 saturated heterocycles. The van der Waals surface area contributed by atoms with E-state index in [1.54, 1.807) is 24.3 Å². The Morgan fingerprint density at radius 1 is 1.09 bits per heavy atom. The number of hydrogen-bond acceptors (Lipinski definition) is 4. The molecule has 1 amide bonds. The van der Waals surface area contributed by atoms with Crippen LogP contribution in [-0.4, -0.2) is 22.3 Å². The molecule has 0 saturated carbocycles. The van der Waals surface area contributed by atoms with Crippen LogP contribution >= 0.6 is 47.8 Å². The molecule has 2 rings (SSSR count). The zero-order chi connectivity index (χ0) is 16.3. The van der Waals surface area contributed by atoms with Crippen molar-refractivity contribution in [3.05, 3.63) is 54.9 Å². The third kappa shape index (κ3) is 3.88. The molecule has 0 spiro atoms. The number of benzene rings is 2. The summed E-state index contributed by atoms with van der Waals surface area (Å²) in [4.78, 5) is 11.9. The minimum atomic E-state index is -0.359. The SMILES string of the molecule is O=C(N/N=C\c1cc(O)c(O)c(Br)c1Br)c1ccc(Br)cc1. The second-order valence-corrected chi connectivity index (χ2v) is 6.67. The Kier molecular flexibility index (Phi) is 5.60. The molecule has 114 valence electrons. The van der Waals surface area contributed by atoms with Gasteiger partial charge < -0.3 is 10.2 Å². The number of nitrogens with one attached hydrogen (secondary N) is 1. The van der Waals surface area contributed by atoms with Gasteiger partial charge in [0.05, 0.1) is 10.7 Å². The average molecular weight is 493 g/mol. The Bertz CT molecular complexity index is 746. The lowest BCUT2D eigenvalue weighted by Crippen LogP contribution is -2.17. The summed E-state index contributed by atoms with van der Waals surface area (Å²) >= 11 is 9.68. The van der Waals surface area contributed by atoms with Gasteiger partial charge in [0.2, 0.25) is 0 Å². The molecule has 8 heteroatoms. The van der Waals surface area contributed by atoms with Crippen molar-refractivity contribution in [1.29, 1.82) is 0 Å². The predicted octanol–water partition coefficient (Wildman–Crippen LogP) is 4.15. The van der Waals surface area contributed by atoms with Crippen LogP contribution in [0.5, 0.6) is 11.5 Å². The molecule has 3 N–H and O–H groups in total. The monoisotopic (exact) mass is 490 g/mol. The van der Waals surface area contributed by atoms with Gasteiger partial charge in [-0.1, -0.05) is 15.9 Å². The number of phenols is 2. The normalized spacial score (nSPS) is 10.9. The zero-order valence-electron chi connectivity index (χ0n) is 10.8. The highest BCUT2D eigenvalue weighted by Crippen LogP contribution is 2.40. The molecule has 0 heterocycles. The molecule has 0 bridgehead atoms. The van der Waals surface area contributed by atoms with Gasteiger partial charge >= 0.3 is 0 Å². The summed E-state index contributed by atoms with van der Waals surface area (Å²) in [6, 6.07) is 8.15. The summed E-state index contributed by atoms with van der Waals surface area (Å²) in [5.74, 6) is -0.930. The highest BCUT2D eigenvalue weighted by Gasteiger charge is 2.12. The Balaban J connectivity index is 2.13. The fourth-order valence-electron chi connectivity index (χ4n) is 1.54. The fourth-order valence-corrected chi connectivity index (χ4v) is 2.64. The van der Waals surface area contributed by atoms with Gasteiger partial charge in [0, 0.05) is 20.1 Å². The van der Waals surface area contributed by atoms with Crippen LogP contribution in [0, 0.1) is 0 Å². The van der Waals surface area contributed by atoms with E-state index in [-0.39, 0.29) is 17.4 Å². The minimum Gasteiger partial charge on any atom is -0.504 e. The summed E-state index contributed by atoms with van der Waals surface area (Å²) in [6.07, 6.45) is 1.35. The number of carbonyl (C=O) groups is 1. The molecule has 2 aromatic carbocycles. The second kappa shape index (κ2) is 7.26. The van der Waals surface area contributed by atoms with Gasteiger partial charge in [-0.05, 0) is 62.2 Å². The molecule has 0 aliphatic rings. The van der Waals surface area contributed by atoms with Gasteiger partial charge in [0.15, 0.2) is 11.5 Å². The molecular weight excluding hydrogens is 484 g/mol. The smallest absolute Gasteiger partial charge is 0.271 e. The number of aromatic hydroxyl groups is 2. The minimum absolute atomic E-state index is 0.275. The lowest BCUT2D eigenvalue weighted by Gasteiger charge is -2.06. The van der Waals surface area contributed by atoms with E-state index < -0.39 is 0 Å². The zero-order valence-corrected chi connectivity index (χ0v) is 15.6. The molecule has 5 nitrogen and oxygen atoms in total. The molecule has 0 fully saturated rings. The first-order valence-electron chi connectivity index (χ1n) is 5.89. The number of hydrogen-bond donors (Lipinski definition) is 3. The lowest BCUT2D eigenvalue weighted by molar-refractivity contribution is 0.0955. The number of phenolic OH excluding ortho intramolecular Hbond substituents is 2. The van der Waals surface area contributed by atoms with Crippen LogP contribution in [0.3, 0.4) is 0 Å². The predicted molar refractivity (Wildman–Crippen MR) is 94.4 cm³/mol. The van der Waals surface area contributed by atoms with Crippen LogP contribution < -0.4 is 5.43 Å². The third-order valence-corrected chi connectivity index (χ3v) is 5.35. The van der Waals surface area contributed by atoms with Crippen molar-refractivity contribution in [2.75, 3.05) is 0 Å². The number of halogens is 3. The topological polar surface area (TPSA) is 81.9 Å². The van der Waals surface area contributed by atoms with Crippen LogP contribution in [0.1, 0.15) is 15.9 Å². The van der Waals surface area contributed by atoms with Gasteiger partial charge in [0.25, 0.3) is 5.91 Å². The summed E-state index contributed by atoms with van der Waals surface area (Å²) in [7, 11) is 0. The number of nitrogens with zero attached hydrogens (tertiary/aromatic N) is 1. The Hall–Kier alpha value is -1.38. The van der Waals surface area contributed by atoms with Crippen LogP contribution in [0.4, 0.5) is 0 Å². The first-order valence-corrected chi connectivity index (χ1v) is 8.27. The van der Waals surface area contributed by atoms with Crippen molar-refractivity contribution >= 4 is 59.9 Å². The van der Waals surface area contributed by atoms with Gasteiger partial charge in [-0.2, -0.15) is 5.10 Å². The van der Waals surface area contributed by atoms with E-state index in [1.807, 2.05) is 0 Å². The van der Waals surface area contributed by atoms with E-state index in [0.29, 0.717) is 20.1 Å². The first-order chi connectivity index (χ1) is 10.4. The van der Waals surface area contributed by atoms with Crippen molar-refractivity contribution in [3.8, 4) is 11.5 Å². The maximum Gasteiger partial charge on any atom is 0.271 e. The van der Waals surface area contributed by atoms with Crippen LogP contribution in [-0.2, 0) is 0 Å². The molecule has 0 aliphatic heterocycles. The number of hydrazone groups is 1. The average Bonchev–Trinajstić information content (AvgIpc) is 2.50. The largest absolute Gasteiger partial charge is 0.504 e. The summed E-state index contributed by atoms with van der Waals surface area (Å²) in [5, 5.41) is 22.9. The van der Waals surface area contributed by atoms with E-state index in [0.717, 1.165) is 4.47 Å². The van der Waals surface area contributed by atoms with E-state index in [2.05, 4.69) is 58.3 Å². The molecule has 0 unspecified atom stereocenters. The molecule has 0 aliphatic carbocycles. The number of carbonyl (C=O) groups excluding carboxylic acids is 1. The van der Waals surface area contributed by atoms with Crippen molar-refractivity contribution < 1.29 is 15.0 Å². The van der Waals surface area contributed by atoms with Crippen molar-refractivity contribution in [2.45, 2.75) is 0 Å². The van der Waals surface area contributed by atoms with E-state index in [9.17, 15) is 15.0 Å². The molecule has 2 aromatic rings. The lowest BCUT2D eigenvalue weighted by atomic mass is 10.2. The van der Waals surface area contributed by atoms with Crippen molar-refractivity contribution in [2.24, 2.45) is 5.10 Å².